The number of nitrogens with one attached hydrogen (secondary N) is 1. The molecule has 5 nitrogen and oxygen atoms in total. The van der Waals surface area contributed by atoms with E-state index in [9.17, 15) is 0 Å². The van der Waals surface area contributed by atoms with Crippen LogP contribution < -0.4 is 5.32 Å². The first-order chi connectivity index (χ1) is 9.85. The van der Waals surface area contributed by atoms with Crippen LogP contribution in [0.4, 0.5) is 0 Å². The van der Waals surface area contributed by atoms with Gasteiger partial charge in [0.15, 0.2) is 5.82 Å². The second-order valence-corrected chi connectivity index (χ2v) is 5.12. The lowest BCUT2D eigenvalue weighted by molar-refractivity contribution is 0.360. The van der Waals surface area contributed by atoms with E-state index in [0.717, 1.165) is 30.9 Å². The van der Waals surface area contributed by atoms with E-state index < -0.39 is 0 Å². The molecule has 102 valence electrons. The number of hydrogen-bond acceptors (Lipinski definition) is 5. The fourth-order valence-corrected chi connectivity index (χ4v) is 2.50. The molecule has 0 amide bonds. The zero-order valence-corrected chi connectivity index (χ0v) is 11.2. The maximum atomic E-state index is 8.78. The van der Waals surface area contributed by atoms with Crippen LogP contribution >= 0.6 is 0 Å². The standard InChI is InChI=1S/C15H16N4O/c16-9-11-3-5-13(6-4-11)15-18-14(19-20-15)8-12-2-1-7-17-10-12/h3-6,12,17H,1-2,7-8,10H2. The van der Waals surface area contributed by atoms with Gasteiger partial charge in [-0.15, -0.1) is 0 Å². The van der Waals surface area contributed by atoms with Crippen molar-refractivity contribution >= 4 is 0 Å². The summed E-state index contributed by atoms with van der Waals surface area (Å²) in [6.07, 6.45) is 3.28. The van der Waals surface area contributed by atoms with Crippen molar-refractivity contribution < 1.29 is 4.52 Å². The molecule has 1 aliphatic rings. The first kappa shape index (κ1) is 12.8. The Bertz CT molecular complexity index is 606. The van der Waals surface area contributed by atoms with Gasteiger partial charge in [0, 0.05) is 12.0 Å². The van der Waals surface area contributed by atoms with Crippen LogP contribution in [0.2, 0.25) is 0 Å². The van der Waals surface area contributed by atoms with Gasteiger partial charge < -0.3 is 9.84 Å². The van der Waals surface area contributed by atoms with E-state index >= 15 is 0 Å². The van der Waals surface area contributed by atoms with E-state index in [-0.39, 0.29) is 0 Å². The lowest BCUT2D eigenvalue weighted by Crippen LogP contribution is -2.31. The van der Waals surface area contributed by atoms with Crippen LogP contribution in [0.1, 0.15) is 24.2 Å². The summed E-state index contributed by atoms with van der Waals surface area (Å²) in [6, 6.07) is 9.26. The van der Waals surface area contributed by atoms with Crippen LogP contribution in [0.15, 0.2) is 28.8 Å². The molecule has 0 spiro atoms. The first-order valence-corrected chi connectivity index (χ1v) is 6.89. The summed E-state index contributed by atoms with van der Waals surface area (Å²) in [5, 5.41) is 16.2. The molecule has 20 heavy (non-hydrogen) atoms. The zero-order chi connectivity index (χ0) is 13.8. The summed E-state index contributed by atoms with van der Waals surface area (Å²) in [6.45, 7) is 2.14. The Morgan fingerprint density at radius 2 is 2.20 bits per heavy atom. The quantitative estimate of drug-likeness (QED) is 0.923. The topological polar surface area (TPSA) is 74.7 Å². The average Bonchev–Trinajstić information content (AvgIpc) is 2.97. The molecule has 1 unspecified atom stereocenters. The highest BCUT2D eigenvalue weighted by atomic mass is 16.5. The Labute approximate surface area is 117 Å². The molecule has 1 saturated heterocycles. The number of rotatable bonds is 3. The molecule has 2 heterocycles. The highest BCUT2D eigenvalue weighted by molar-refractivity contribution is 5.54. The van der Waals surface area contributed by atoms with Gasteiger partial charge in [-0.3, -0.25) is 0 Å². The van der Waals surface area contributed by atoms with E-state index in [1.54, 1.807) is 12.1 Å². The number of piperidine rings is 1. The molecule has 0 radical (unpaired) electrons. The number of nitrogens with zero attached hydrogens (tertiary/aromatic N) is 3. The predicted octanol–water partition coefficient (Wildman–Crippen LogP) is 2.15. The minimum absolute atomic E-state index is 0.522. The van der Waals surface area contributed by atoms with E-state index in [2.05, 4.69) is 21.5 Å². The Morgan fingerprint density at radius 3 is 2.90 bits per heavy atom. The summed E-state index contributed by atoms with van der Waals surface area (Å²) < 4.78 is 5.30. The molecule has 0 aliphatic carbocycles. The first-order valence-electron chi connectivity index (χ1n) is 6.89. The summed E-state index contributed by atoms with van der Waals surface area (Å²) in [5.41, 5.74) is 1.48. The van der Waals surface area contributed by atoms with Gasteiger partial charge in [0.1, 0.15) is 0 Å². The van der Waals surface area contributed by atoms with Gasteiger partial charge in [0.25, 0.3) is 5.89 Å². The molecule has 2 aromatic rings. The van der Waals surface area contributed by atoms with Crippen LogP contribution in [0.5, 0.6) is 0 Å². The Balaban J connectivity index is 1.70. The van der Waals surface area contributed by atoms with Crippen molar-refractivity contribution in [2.75, 3.05) is 13.1 Å². The van der Waals surface area contributed by atoms with Crippen molar-refractivity contribution in [2.45, 2.75) is 19.3 Å². The predicted molar refractivity (Wildman–Crippen MR) is 73.7 cm³/mol. The smallest absolute Gasteiger partial charge is 0.257 e. The molecule has 1 aromatic carbocycles. The van der Waals surface area contributed by atoms with Crippen molar-refractivity contribution in [3.8, 4) is 17.5 Å². The van der Waals surface area contributed by atoms with Crippen LogP contribution in [-0.4, -0.2) is 23.2 Å². The summed E-state index contributed by atoms with van der Waals surface area (Å²) >= 11 is 0. The molecule has 1 fully saturated rings. The fraction of sp³-hybridized carbons (Fsp3) is 0.400. The van der Waals surface area contributed by atoms with E-state index in [1.165, 1.54) is 12.8 Å². The summed E-state index contributed by atoms with van der Waals surface area (Å²) in [7, 11) is 0. The Hall–Kier alpha value is -2.19. The maximum absolute atomic E-state index is 8.78. The van der Waals surface area contributed by atoms with E-state index in [0.29, 0.717) is 17.4 Å². The molecule has 1 atom stereocenters. The maximum Gasteiger partial charge on any atom is 0.257 e. The van der Waals surface area contributed by atoms with Crippen molar-refractivity contribution in [2.24, 2.45) is 5.92 Å². The van der Waals surface area contributed by atoms with Crippen molar-refractivity contribution in [3.05, 3.63) is 35.7 Å². The van der Waals surface area contributed by atoms with Crippen LogP contribution in [-0.2, 0) is 6.42 Å². The summed E-state index contributed by atoms with van der Waals surface area (Å²) in [5.74, 6) is 1.88. The van der Waals surface area contributed by atoms with Crippen LogP contribution in [0.25, 0.3) is 11.5 Å². The second-order valence-electron chi connectivity index (χ2n) is 5.12. The third kappa shape index (κ3) is 2.86. The normalized spacial score (nSPS) is 18.6. The van der Waals surface area contributed by atoms with Crippen molar-refractivity contribution in [1.29, 1.82) is 5.26 Å². The Morgan fingerprint density at radius 1 is 1.35 bits per heavy atom. The lowest BCUT2D eigenvalue weighted by Gasteiger charge is -2.20. The zero-order valence-electron chi connectivity index (χ0n) is 11.2. The number of aromatic nitrogens is 2. The van der Waals surface area contributed by atoms with Gasteiger partial charge >= 0.3 is 0 Å². The fourth-order valence-electron chi connectivity index (χ4n) is 2.50. The van der Waals surface area contributed by atoms with Crippen LogP contribution in [0, 0.1) is 17.2 Å². The minimum Gasteiger partial charge on any atom is -0.334 e. The molecule has 3 rings (SSSR count). The van der Waals surface area contributed by atoms with E-state index in [4.69, 9.17) is 9.78 Å². The monoisotopic (exact) mass is 268 g/mol. The molecule has 1 aromatic heterocycles. The van der Waals surface area contributed by atoms with Crippen molar-refractivity contribution in [1.82, 2.24) is 15.5 Å². The van der Waals surface area contributed by atoms with Gasteiger partial charge in [0.2, 0.25) is 0 Å². The third-order valence-electron chi connectivity index (χ3n) is 3.60. The SMILES string of the molecule is N#Cc1ccc(-c2nc(CC3CCCNC3)no2)cc1. The van der Waals surface area contributed by atoms with Gasteiger partial charge in [-0.05, 0) is 56.1 Å². The molecular formula is C15H16N4O. The lowest BCUT2D eigenvalue weighted by atomic mass is 9.96. The molecule has 0 saturated carbocycles. The van der Waals surface area contributed by atoms with E-state index in [1.807, 2.05) is 12.1 Å². The van der Waals surface area contributed by atoms with Crippen molar-refractivity contribution in [3.63, 3.8) is 0 Å². The Kier molecular flexibility index (Phi) is 3.75. The highest BCUT2D eigenvalue weighted by Crippen LogP contribution is 2.20. The summed E-state index contributed by atoms with van der Waals surface area (Å²) in [4.78, 5) is 4.44. The molecule has 1 aliphatic heterocycles. The number of benzene rings is 1. The minimum atomic E-state index is 0.522. The van der Waals surface area contributed by atoms with Crippen LogP contribution in [0.3, 0.4) is 0 Å². The molecule has 1 N–H and O–H groups in total. The molecular weight excluding hydrogens is 252 g/mol. The average molecular weight is 268 g/mol. The van der Waals surface area contributed by atoms with Gasteiger partial charge in [-0.1, -0.05) is 5.16 Å². The van der Waals surface area contributed by atoms with Gasteiger partial charge in [-0.2, -0.15) is 10.2 Å². The number of hydrogen-bond donors (Lipinski definition) is 1. The molecule has 5 heteroatoms. The largest absolute Gasteiger partial charge is 0.334 e. The van der Waals surface area contributed by atoms with Gasteiger partial charge in [0.05, 0.1) is 11.6 Å². The molecule has 0 bridgehead atoms. The highest BCUT2D eigenvalue weighted by Gasteiger charge is 2.17. The second kappa shape index (κ2) is 5.85. The van der Waals surface area contributed by atoms with Gasteiger partial charge in [-0.25, -0.2) is 0 Å². The third-order valence-corrected chi connectivity index (χ3v) is 3.60. The number of nitriles is 1.